The highest BCUT2D eigenvalue weighted by molar-refractivity contribution is 6.91. The zero-order valence-electron chi connectivity index (χ0n) is 13.9. The molecule has 0 saturated heterocycles. The van der Waals surface area contributed by atoms with Crippen LogP contribution in [0.2, 0.25) is 0 Å². The molecule has 0 fully saturated rings. The molecular formula is C21H24Si. The lowest BCUT2D eigenvalue weighted by atomic mass is 10.1. The topological polar surface area (TPSA) is 0 Å². The van der Waals surface area contributed by atoms with E-state index in [1.165, 1.54) is 21.5 Å². The van der Waals surface area contributed by atoms with Crippen molar-refractivity contribution in [3.8, 4) is 0 Å². The molecule has 1 aliphatic carbocycles. The van der Waals surface area contributed by atoms with Gasteiger partial charge < -0.3 is 0 Å². The first kappa shape index (κ1) is 15.0. The van der Waals surface area contributed by atoms with Crippen molar-refractivity contribution in [2.75, 3.05) is 0 Å². The number of benzene rings is 2. The fourth-order valence-electron chi connectivity index (χ4n) is 3.70. The molecule has 0 spiro atoms. The fourth-order valence-corrected chi connectivity index (χ4v) is 7.42. The van der Waals surface area contributed by atoms with E-state index in [-0.39, 0.29) is 0 Å². The van der Waals surface area contributed by atoms with Crippen LogP contribution in [0.25, 0.3) is 0 Å². The van der Waals surface area contributed by atoms with E-state index in [2.05, 4.69) is 88.4 Å². The molecule has 112 valence electrons. The minimum Gasteiger partial charge on any atom is -0.0644 e. The van der Waals surface area contributed by atoms with Gasteiger partial charge in [-0.1, -0.05) is 94.3 Å². The molecule has 0 bridgehead atoms. The normalized spacial score (nSPS) is 18.5. The summed E-state index contributed by atoms with van der Waals surface area (Å²) in [5, 5.41) is 4.75. The Morgan fingerprint density at radius 2 is 1.14 bits per heavy atom. The van der Waals surface area contributed by atoms with Crippen molar-refractivity contribution >= 4 is 19.2 Å². The minimum atomic E-state index is -1.36. The minimum absolute atomic E-state index is 0.581. The summed E-state index contributed by atoms with van der Waals surface area (Å²) in [5.74, 6) is 0.581. The Kier molecular flexibility index (Phi) is 4.17. The molecule has 1 atom stereocenters. The largest absolute Gasteiger partial charge is 0.129 e. The summed E-state index contributed by atoms with van der Waals surface area (Å²) < 4.78 is 0. The van der Waals surface area contributed by atoms with E-state index in [0.29, 0.717) is 5.92 Å². The predicted octanol–water partition coefficient (Wildman–Crippen LogP) is 3.87. The molecule has 2 aromatic carbocycles. The first-order valence-electron chi connectivity index (χ1n) is 8.09. The third-order valence-corrected chi connectivity index (χ3v) is 8.94. The highest BCUT2D eigenvalue weighted by Gasteiger charge is 2.32. The maximum atomic E-state index is 2.39. The van der Waals surface area contributed by atoms with Crippen molar-refractivity contribution in [3.05, 3.63) is 82.6 Å². The van der Waals surface area contributed by atoms with Gasteiger partial charge in [-0.2, -0.15) is 0 Å². The summed E-state index contributed by atoms with van der Waals surface area (Å²) >= 11 is 0. The quantitative estimate of drug-likeness (QED) is 0.755. The van der Waals surface area contributed by atoms with Crippen molar-refractivity contribution in [1.82, 2.24) is 0 Å². The molecule has 0 saturated carbocycles. The van der Waals surface area contributed by atoms with E-state index < -0.39 is 8.80 Å². The number of hydrogen-bond donors (Lipinski definition) is 0. The van der Waals surface area contributed by atoms with Crippen LogP contribution in [0, 0.1) is 5.92 Å². The highest BCUT2D eigenvalue weighted by atomic mass is 28.3. The summed E-state index contributed by atoms with van der Waals surface area (Å²) in [7, 11) is -1.36. The van der Waals surface area contributed by atoms with Gasteiger partial charge >= 0.3 is 0 Å². The van der Waals surface area contributed by atoms with Crippen LogP contribution < -0.4 is 10.4 Å². The van der Waals surface area contributed by atoms with Gasteiger partial charge in [0, 0.05) is 0 Å². The van der Waals surface area contributed by atoms with E-state index in [1.54, 1.807) is 10.8 Å². The molecule has 0 amide bonds. The Labute approximate surface area is 135 Å². The van der Waals surface area contributed by atoms with Crippen molar-refractivity contribution < 1.29 is 0 Å². The van der Waals surface area contributed by atoms with E-state index in [4.69, 9.17) is 0 Å². The second-order valence-electron chi connectivity index (χ2n) is 6.36. The molecule has 2 aromatic rings. The van der Waals surface area contributed by atoms with Gasteiger partial charge in [-0.15, -0.1) is 0 Å². The molecule has 1 aliphatic rings. The Hall–Kier alpha value is -1.86. The molecule has 0 radical (unpaired) electrons. The van der Waals surface area contributed by atoms with Gasteiger partial charge in [0.15, 0.2) is 0 Å². The number of rotatable bonds is 3. The average Bonchev–Trinajstić information content (AvgIpc) is 2.75. The second kappa shape index (κ2) is 6.10. The van der Waals surface area contributed by atoms with Crippen molar-refractivity contribution in [1.29, 1.82) is 0 Å². The van der Waals surface area contributed by atoms with Gasteiger partial charge in [0.05, 0.1) is 0 Å². The van der Waals surface area contributed by atoms with Crippen molar-refractivity contribution in [2.45, 2.75) is 27.7 Å². The molecule has 1 unspecified atom stereocenters. The maximum Gasteiger partial charge on any atom is 0.129 e. The average molecular weight is 305 g/mol. The van der Waals surface area contributed by atoms with E-state index in [1.807, 2.05) is 0 Å². The van der Waals surface area contributed by atoms with Crippen molar-refractivity contribution in [3.63, 3.8) is 0 Å². The Balaban J connectivity index is 2.17. The van der Waals surface area contributed by atoms with E-state index in [9.17, 15) is 0 Å². The van der Waals surface area contributed by atoms with Crippen LogP contribution in [-0.2, 0) is 0 Å². The molecule has 3 rings (SSSR count). The van der Waals surface area contributed by atoms with Crippen LogP contribution >= 0.6 is 0 Å². The summed E-state index contributed by atoms with van der Waals surface area (Å²) in [6.07, 6.45) is 0. The lowest BCUT2D eigenvalue weighted by molar-refractivity contribution is 0.854. The molecule has 0 aliphatic heterocycles. The Morgan fingerprint density at radius 3 is 1.50 bits per heavy atom. The molecule has 0 aromatic heterocycles. The first-order chi connectivity index (χ1) is 10.6. The zero-order valence-corrected chi connectivity index (χ0v) is 15.1. The molecule has 22 heavy (non-hydrogen) atoms. The predicted molar refractivity (Wildman–Crippen MR) is 99.5 cm³/mol. The standard InChI is InChI=1S/C21H24Si/c1-15-16(2)18(4)21(17(15)3)22(19-11-7-5-8-12-19)20-13-9-6-10-14-20/h5-14,17,22H,1-4H3. The number of hydrogen-bond acceptors (Lipinski definition) is 0. The van der Waals surface area contributed by atoms with Crippen LogP contribution in [0.5, 0.6) is 0 Å². The van der Waals surface area contributed by atoms with Crippen LogP contribution in [0.3, 0.4) is 0 Å². The molecule has 0 N–H and O–H groups in total. The Morgan fingerprint density at radius 1 is 0.682 bits per heavy atom. The summed E-state index contributed by atoms with van der Waals surface area (Å²) in [5.41, 5.74) is 4.60. The van der Waals surface area contributed by atoms with Gasteiger partial charge in [-0.3, -0.25) is 0 Å². The summed E-state index contributed by atoms with van der Waals surface area (Å²) in [6, 6.07) is 22.2. The lowest BCUT2D eigenvalue weighted by Gasteiger charge is -2.24. The van der Waals surface area contributed by atoms with Crippen LogP contribution in [-0.4, -0.2) is 8.80 Å². The lowest BCUT2D eigenvalue weighted by Crippen LogP contribution is -2.45. The zero-order chi connectivity index (χ0) is 15.7. The van der Waals surface area contributed by atoms with Crippen molar-refractivity contribution in [2.24, 2.45) is 5.92 Å². The monoisotopic (exact) mass is 304 g/mol. The third-order valence-electron chi connectivity index (χ3n) is 5.28. The molecule has 0 nitrogen and oxygen atoms in total. The number of allylic oxidation sites excluding steroid dienone is 4. The van der Waals surface area contributed by atoms with Crippen LogP contribution in [0.4, 0.5) is 0 Å². The molecule has 1 heteroatoms. The van der Waals surface area contributed by atoms with E-state index >= 15 is 0 Å². The van der Waals surface area contributed by atoms with Gasteiger partial charge in [-0.05, 0) is 32.3 Å². The summed E-state index contributed by atoms with van der Waals surface area (Å²) in [6.45, 7) is 9.30. The van der Waals surface area contributed by atoms with Gasteiger partial charge in [0.25, 0.3) is 0 Å². The molecule has 0 heterocycles. The summed E-state index contributed by atoms with van der Waals surface area (Å²) in [4.78, 5) is 0. The maximum absolute atomic E-state index is 2.39. The smallest absolute Gasteiger partial charge is 0.0644 e. The van der Waals surface area contributed by atoms with Crippen LogP contribution in [0.1, 0.15) is 27.7 Å². The highest BCUT2D eigenvalue weighted by Crippen LogP contribution is 2.37. The SMILES string of the molecule is CC1=C(C)C(C)C([SiH](c2ccccc2)c2ccccc2)=C1C. The van der Waals surface area contributed by atoms with Gasteiger partial charge in [0.1, 0.15) is 8.80 Å². The van der Waals surface area contributed by atoms with Gasteiger partial charge in [-0.25, -0.2) is 0 Å². The first-order valence-corrected chi connectivity index (χ1v) is 9.82. The molecular weight excluding hydrogens is 280 g/mol. The fraction of sp³-hybridized carbons (Fsp3) is 0.238. The second-order valence-corrected chi connectivity index (χ2v) is 9.19. The van der Waals surface area contributed by atoms with Gasteiger partial charge in [0.2, 0.25) is 0 Å². The third kappa shape index (κ3) is 2.50. The van der Waals surface area contributed by atoms with Crippen LogP contribution in [0.15, 0.2) is 82.6 Å². The Bertz CT molecular complexity index is 684. The van der Waals surface area contributed by atoms with E-state index in [0.717, 1.165) is 0 Å².